The van der Waals surface area contributed by atoms with Crippen molar-refractivity contribution in [2.24, 2.45) is 10.1 Å². The summed E-state index contributed by atoms with van der Waals surface area (Å²) in [7, 11) is 4.74. The van der Waals surface area contributed by atoms with Gasteiger partial charge in [0, 0.05) is 22.6 Å². The Bertz CT molecular complexity index is 1180. The van der Waals surface area contributed by atoms with E-state index in [0.717, 1.165) is 23.8 Å². The first-order valence-corrected chi connectivity index (χ1v) is 11.4. The molecule has 8 nitrogen and oxygen atoms in total. The smallest absolute Gasteiger partial charge is 0.276 e. The average molecular weight is 455 g/mol. The van der Waals surface area contributed by atoms with Crippen LogP contribution in [0.15, 0.2) is 46.5 Å². The molecule has 168 valence electrons. The number of hydrogen-bond acceptors (Lipinski definition) is 8. The first-order chi connectivity index (χ1) is 15.6. The molecule has 0 saturated carbocycles. The van der Waals surface area contributed by atoms with Gasteiger partial charge in [-0.3, -0.25) is 15.1 Å². The molecule has 0 aromatic heterocycles. The van der Waals surface area contributed by atoms with Crippen LogP contribution in [0.25, 0.3) is 5.70 Å². The van der Waals surface area contributed by atoms with E-state index in [1.165, 1.54) is 11.8 Å². The quantitative estimate of drug-likeness (QED) is 0.647. The summed E-state index contributed by atoms with van der Waals surface area (Å²) in [5, 5.41) is 11.4. The number of methoxy groups -OCH3 is 3. The Morgan fingerprint density at radius 1 is 1.06 bits per heavy atom. The van der Waals surface area contributed by atoms with Crippen molar-refractivity contribution in [1.82, 2.24) is 10.3 Å². The highest BCUT2D eigenvalue weighted by atomic mass is 32.2. The predicted molar refractivity (Wildman–Crippen MR) is 124 cm³/mol. The predicted octanol–water partition coefficient (Wildman–Crippen LogP) is 2.39. The zero-order valence-electron chi connectivity index (χ0n) is 18.5. The molecule has 32 heavy (non-hydrogen) atoms. The van der Waals surface area contributed by atoms with Gasteiger partial charge in [-0.25, -0.2) is 5.01 Å². The molecule has 1 atom stereocenters. The minimum atomic E-state index is -0.609. The van der Waals surface area contributed by atoms with Crippen molar-refractivity contribution in [3.05, 3.63) is 52.5 Å². The lowest BCUT2D eigenvalue weighted by Crippen LogP contribution is -2.50. The third-order valence-corrected chi connectivity index (χ3v) is 6.22. The SMILES string of the molecule is CCCCSC1=NN2C(=c3ccccc3=N[C@@H]2c2cc(OC)c(OC)cc2OC)C(=O)N1. The van der Waals surface area contributed by atoms with Crippen LogP contribution in [0, 0.1) is 0 Å². The molecule has 4 rings (SSSR count). The highest BCUT2D eigenvalue weighted by Crippen LogP contribution is 2.41. The molecular formula is C23H26N4O4S. The number of carbonyl (C=O) groups is 1. The van der Waals surface area contributed by atoms with Crippen LogP contribution in [0.1, 0.15) is 31.5 Å². The molecule has 2 aliphatic heterocycles. The van der Waals surface area contributed by atoms with Gasteiger partial charge in [-0.2, -0.15) is 0 Å². The van der Waals surface area contributed by atoms with E-state index in [1.807, 2.05) is 30.3 Å². The van der Waals surface area contributed by atoms with Crippen molar-refractivity contribution < 1.29 is 19.0 Å². The number of rotatable bonds is 7. The summed E-state index contributed by atoms with van der Waals surface area (Å²) in [5.74, 6) is 2.32. The number of thioether (sulfide) groups is 1. The van der Waals surface area contributed by atoms with Crippen LogP contribution < -0.4 is 30.1 Å². The number of amides is 1. The number of unbranched alkanes of at least 4 members (excludes halogenated alkanes) is 1. The summed E-state index contributed by atoms with van der Waals surface area (Å²) in [6.45, 7) is 2.13. The molecule has 0 aliphatic carbocycles. The van der Waals surface area contributed by atoms with Gasteiger partial charge >= 0.3 is 0 Å². The van der Waals surface area contributed by atoms with Crippen molar-refractivity contribution in [3.8, 4) is 17.2 Å². The fourth-order valence-electron chi connectivity index (χ4n) is 3.66. The third-order valence-electron chi connectivity index (χ3n) is 5.27. The van der Waals surface area contributed by atoms with E-state index in [1.54, 1.807) is 32.4 Å². The number of hydrogen-bond donors (Lipinski definition) is 1. The van der Waals surface area contributed by atoms with E-state index in [9.17, 15) is 4.79 Å². The molecule has 0 saturated heterocycles. The maximum Gasteiger partial charge on any atom is 0.276 e. The number of amidine groups is 1. The highest BCUT2D eigenvalue weighted by molar-refractivity contribution is 8.13. The Labute approximate surface area is 190 Å². The summed E-state index contributed by atoms with van der Waals surface area (Å²) in [6, 6.07) is 11.1. The van der Waals surface area contributed by atoms with Crippen molar-refractivity contribution in [1.29, 1.82) is 0 Å². The van der Waals surface area contributed by atoms with Crippen molar-refractivity contribution in [3.63, 3.8) is 0 Å². The molecule has 1 N–H and O–H groups in total. The van der Waals surface area contributed by atoms with Gasteiger partial charge in [-0.05, 0) is 18.6 Å². The summed E-state index contributed by atoms with van der Waals surface area (Å²) >= 11 is 1.53. The van der Waals surface area contributed by atoms with E-state index in [4.69, 9.17) is 24.3 Å². The Morgan fingerprint density at radius 2 is 1.78 bits per heavy atom. The number of hydrazone groups is 1. The van der Waals surface area contributed by atoms with Crippen LogP contribution in [0.3, 0.4) is 0 Å². The van der Waals surface area contributed by atoms with Gasteiger partial charge in [-0.15, -0.1) is 5.10 Å². The van der Waals surface area contributed by atoms with E-state index in [-0.39, 0.29) is 5.91 Å². The third kappa shape index (κ3) is 4.00. The number of para-hydroxylation sites is 1. The molecule has 0 unspecified atom stereocenters. The Hall–Kier alpha value is -3.20. The minimum Gasteiger partial charge on any atom is -0.496 e. The molecule has 2 aromatic rings. The van der Waals surface area contributed by atoms with E-state index in [0.29, 0.717) is 39.0 Å². The number of ether oxygens (including phenoxy) is 3. The fourth-order valence-corrected chi connectivity index (χ4v) is 4.60. The molecule has 2 aromatic carbocycles. The Morgan fingerprint density at radius 3 is 2.50 bits per heavy atom. The summed E-state index contributed by atoms with van der Waals surface area (Å²) < 4.78 is 16.6. The molecule has 0 bridgehead atoms. The van der Waals surface area contributed by atoms with Gasteiger partial charge in [0.25, 0.3) is 5.91 Å². The van der Waals surface area contributed by atoms with Gasteiger partial charge in [0.05, 0.1) is 26.7 Å². The van der Waals surface area contributed by atoms with E-state index >= 15 is 0 Å². The minimum absolute atomic E-state index is 0.203. The van der Waals surface area contributed by atoms with Gasteiger partial charge < -0.3 is 14.2 Å². The molecule has 2 aliphatic rings. The van der Waals surface area contributed by atoms with Gasteiger partial charge in [-0.1, -0.05) is 43.3 Å². The van der Waals surface area contributed by atoms with Crippen LogP contribution in [-0.4, -0.2) is 43.2 Å². The standard InChI is InChI=1S/C23H26N4O4S/c1-5-6-11-32-23-25-22(28)20-14-9-7-8-10-16(14)24-21(27(20)26-23)15-12-18(30-3)19(31-4)13-17(15)29-2/h7-10,12-13,21H,5-6,11H2,1-4H3,(H,25,26,28)/t21-/m0/s1. The Kier molecular flexibility index (Phi) is 6.55. The monoisotopic (exact) mass is 454 g/mol. The largest absolute Gasteiger partial charge is 0.496 e. The van der Waals surface area contributed by atoms with Crippen LogP contribution in [0.4, 0.5) is 0 Å². The van der Waals surface area contributed by atoms with Crippen LogP contribution in [0.5, 0.6) is 17.2 Å². The summed E-state index contributed by atoms with van der Waals surface area (Å²) in [4.78, 5) is 18.1. The van der Waals surface area contributed by atoms with Gasteiger partial charge in [0.1, 0.15) is 11.4 Å². The zero-order chi connectivity index (χ0) is 22.7. The topological polar surface area (TPSA) is 84.8 Å². The molecule has 0 radical (unpaired) electrons. The second-order valence-corrected chi connectivity index (χ2v) is 8.31. The number of fused-ring (bicyclic) bond motifs is 2. The van der Waals surface area contributed by atoms with Crippen molar-refractivity contribution in [2.45, 2.75) is 25.9 Å². The lowest BCUT2D eigenvalue weighted by atomic mass is 10.1. The molecule has 1 amide bonds. The highest BCUT2D eigenvalue weighted by Gasteiger charge is 2.36. The van der Waals surface area contributed by atoms with E-state index < -0.39 is 6.17 Å². The normalized spacial score (nSPS) is 16.9. The second kappa shape index (κ2) is 9.52. The molecular weight excluding hydrogens is 428 g/mol. The van der Waals surface area contributed by atoms with Gasteiger partial charge in [0.2, 0.25) is 0 Å². The molecule has 9 heteroatoms. The van der Waals surface area contributed by atoms with Crippen LogP contribution in [0.2, 0.25) is 0 Å². The fraction of sp³-hybridized carbons (Fsp3) is 0.348. The maximum atomic E-state index is 13.2. The first-order valence-electron chi connectivity index (χ1n) is 10.4. The van der Waals surface area contributed by atoms with Gasteiger partial charge in [0.15, 0.2) is 22.8 Å². The lowest BCUT2D eigenvalue weighted by molar-refractivity contribution is -0.116. The number of carbonyl (C=O) groups excluding carboxylic acids is 1. The summed E-state index contributed by atoms with van der Waals surface area (Å²) in [6.07, 6.45) is 1.50. The lowest BCUT2D eigenvalue weighted by Gasteiger charge is -2.34. The van der Waals surface area contributed by atoms with Crippen molar-refractivity contribution >= 4 is 28.5 Å². The number of nitrogens with one attached hydrogen (secondary N) is 1. The first kappa shape index (κ1) is 22.0. The maximum absolute atomic E-state index is 13.2. The van der Waals surface area contributed by atoms with E-state index in [2.05, 4.69) is 12.2 Å². The zero-order valence-corrected chi connectivity index (χ0v) is 19.4. The van der Waals surface area contributed by atoms with Crippen LogP contribution in [-0.2, 0) is 4.79 Å². The Balaban J connectivity index is 1.90. The molecule has 0 spiro atoms. The average Bonchev–Trinajstić information content (AvgIpc) is 2.82. The molecule has 0 fully saturated rings. The second-order valence-electron chi connectivity index (χ2n) is 7.22. The summed E-state index contributed by atoms with van der Waals surface area (Å²) in [5.41, 5.74) is 1.17. The molecule has 2 heterocycles. The number of nitrogens with zero attached hydrogens (tertiary/aromatic N) is 3. The van der Waals surface area contributed by atoms with Crippen molar-refractivity contribution in [2.75, 3.05) is 27.1 Å². The number of benzene rings is 2. The van der Waals surface area contributed by atoms with Crippen LogP contribution >= 0.6 is 11.8 Å².